The van der Waals surface area contributed by atoms with Crippen LogP contribution < -0.4 is 15.0 Å². The number of rotatable bonds is 11. The van der Waals surface area contributed by atoms with Gasteiger partial charge in [0.15, 0.2) is 21.3 Å². The number of carbonyl (C=O) groups excluding carboxylic acids is 2. The molecule has 2 N–H and O–H groups in total. The molecule has 180 valence electrons. The van der Waals surface area contributed by atoms with Crippen LogP contribution in [0, 0.1) is 0 Å². The van der Waals surface area contributed by atoms with E-state index < -0.39 is 33.5 Å². The van der Waals surface area contributed by atoms with Crippen molar-refractivity contribution in [3.8, 4) is 11.5 Å². The van der Waals surface area contributed by atoms with Gasteiger partial charge in [-0.05, 0) is 24.1 Å². The Kier molecular flexibility index (Phi) is 9.49. The average Bonchev–Trinajstić information content (AvgIpc) is 2.84. The number of hydrogen-bond acceptors (Lipinski definition) is 8. The summed E-state index contributed by atoms with van der Waals surface area (Å²) < 4.78 is 42.0. The maximum absolute atomic E-state index is 13.3. The third-order valence-corrected chi connectivity index (χ3v) is 7.15. The van der Waals surface area contributed by atoms with Gasteiger partial charge in [0.05, 0.1) is 24.4 Å². The number of nitrogens with zero attached hydrogens (tertiary/aromatic N) is 1. The summed E-state index contributed by atoms with van der Waals surface area (Å²) >= 11 is 0. The zero-order valence-corrected chi connectivity index (χ0v) is 19.5. The number of nitrogens with one attached hydrogen (secondary N) is 1. The summed E-state index contributed by atoms with van der Waals surface area (Å²) in [6.07, 6.45) is -1.20. The van der Waals surface area contributed by atoms with Gasteiger partial charge < -0.3 is 19.1 Å². The van der Waals surface area contributed by atoms with Crippen LogP contribution in [-0.4, -0.2) is 63.6 Å². The molecule has 0 aromatic heterocycles. The number of sulfone groups is 1. The minimum absolute atomic E-state index is 0.00349. The second-order valence-corrected chi connectivity index (χ2v) is 9.40. The lowest BCUT2D eigenvalue weighted by molar-refractivity contribution is -0.129. The highest BCUT2D eigenvalue weighted by Gasteiger charge is 2.31. The largest absolute Gasteiger partial charge is 0.493 e. The lowest BCUT2D eigenvalue weighted by atomic mass is 10.2. The number of hydrogen-bond donors (Lipinski definition) is 2. The Labute approximate surface area is 192 Å². The number of amides is 2. The van der Waals surface area contributed by atoms with Crippen LogP contribution in [0.25, 0.3) is 0 Å². The van der Waals surface area contributed by atoms with Gasteiger partial charge in [0.2, 0.25) is 5.91 Å². The van der Waals surface area contributed by atoms with Crippen molar-refractivity contribution in [2.24, 2.45) is 0 Å². The van der Waals surface area contributed by atoms with E-state index in [2.05, 4.69) is 0 Å². The van der Waals surface area contributed by atoms with Crippen molar-refractivity contribution >= 4 is 21.8 Å². The van der Waals surface area contributed by atoms with E-state index in [0.717, 1.165) is 5.56 Å². The van der Waals surface area contributed by atoms with Crippen LogP contribution in [0.3, 0.4) is 0 Å². The zero-order valence-electron chi connectivity index (χ0n) is 18.7. The lowest BCUT2D eigenvalue weighted by Crippen LogP contribution is -2.35. The summed E-state index contributed by atoms with van der Waals surface area (Å²) in [6.45, 7) is 0.0772. The molecule has 2 rings (SSSR count). The van der Waals surface area contributed by atoms with E-state index >= 15 is 0 Å². The highest BCUT2D eigenvalue weighted by molar-refractivity contribution is 7.92. The summed E-state index contributed by atoms with van der Waals surface area (Å²) in [7, 11) is 0.245. The van der Waals surface area contributed by atoms with Crippen LogP contribution in [-0.2, 0) is 26.0 Å². The SMILES string of the molecule is COc1ccc(S(=O)(=O)C(CCN(C)C(=O)OCc2ccccc2)CC(=O)NO)cc1OC. The summed E-state index contributed by atoms with van der Waals surface area (Å²) in [5.74, 6) is -0.300. The molecule has 0 bridgehead atoms. The molecule has 33 heavy (non-hydrogen) atoms. The van der Waals surface area contributed by atoms with Crippen LogP contribution in [0.4, 0.5) is 4.79 Å². The maximum atomic E-state index is 13.3. The molecule has 2 aromatic rings. The van der Waals surface area contributed by atoms with Crippen LogP contribution in [0.1, 0.15) is 18.4 Å². The predicted octanol–water partition coefficient (Wildman–Crippen LogP) is 2.40. The molecule has 0 aliphatic heterocycles. The molecule has 1 unspecified atom stereocenters. The van der Waals surface area contributed by atoms with Gasteiger partial charge in [-0.25, -0.2) is 18.7 Å². The molecular weight excluding hydrogens is 452 g/mol. The maximum Gasteiger partial charge on any atom is 0.409 e. The third kappa shape index (κ3) is 7.09. The second kappa shape index (κ2) is 12.1. The van der Waals surface area contributed by atoms with Crippen molar-refractivity contribution in [3.05, 3.63) is 54.1 Å². The van der Waals surface area contributed by atoms with Crippen LogP contribution in [0.15, 0.2) is 53.4 Å². The first-order valence-electron chi connectivity index (χ1n) is 10.0. The molecule has 0 radical (unpaired) electrons. The first-order valence-corrected chi connectivity index (χ1v) is 11.6. The van der Waals surface area contributed by atoms with Crippen LogP contribution >= 0.6 is 0 Å². The van der Waals surface area contributed by atoms with Crippen molar-refractivity contribution in [1.29, 1.82) is 0 Å². The van der Waals surface area contributed by atoms with Gasteiger partial charge in [-0.15, -0.1) is 0 Å². The van der Waals surface area contributed by atoms with E-state index in [0.29, 0.717) is 5.75 Å². The molecule has 0 saturated carbocycles. The molecule has 0 spiro atoms. The minimum Gasteiger partial charge on any atom is -0.493 e. The van der Waals surface area contributed by atoms with Crippen molar-refractivity contribution in [3.63, 3.8) is 0 Å². The standard InChI is InChI=1S/C22H28N2O8S/c1-24(22(26)32-15-16-7-5-4-6-8-16)12-11-18(14-21(25)23-27)33(28,29)17-9-10-19(30-2)20(13-17)31-3/h4-10,13,18,27H,11-12,14-15H2,1-3H3,(H,23,25). The number of methoxy groups -OCH3 is 2. The van der Waals surface area contributed by atoms with Crippen molar-refractivity contribution in [2.45, 2.75) is 29.6 Å². The van der Waals surface area contributed by atoms with Crippen molar-refractivity contribution in [2.75, 3.05) is 27.8 Å². The Morgan fingerprint density at radius 2 is 1.73 bits per heavy atom. The molecule has 2 aromatic carbocycles. The summed E-state index contributed by atoms with van der Waals surface area (Å²) in [6, 6.07) is 13.2. The number of hydroxylamine groups is 1. The highest BCUT2D eigenvalue weighted by Crippen LogP contribution is 2.32. The highest BCUT2D eigenvalue weighted by atomic mass is 32.2. The molecule has 2 amide bonds. The molecule has 11 heteroatoms. The van der Waals surface area contributed by atoms with Gasteiger partial charge in [-0.1, -0.05) is 30.3 Å². The molecule has 0 fully saturated rings. The Morgan fingerprint density at radius 3 is 2.33 bits per heavy atom. The molecule has 0 saturated heterocycles. The van der Waals surface area contributed by atoms with E-state index in [-0.39, 0.29) is 30.2 Å². The van der Waals surface area contributed by atoms with Gasteiger partial charge >= 0.3 is 6.09 Å². The normalized spacial score (nSPS) is 11.9. The zero-order chi connectivity index (χ0) is 24.4. The smallest absolute Gasteiger partial charge is 0.409 e. The molecule has 0 aliphatic rings. The summed E-state index contributed by atoms with van der Waals surface area (Å²) in [4.78, 5) is 25.2. The summed E-state index contributed by atoms with van der Waals surface area (Å²) in [5.41, 5.74) is 2.27. The predicted molar refractivity (Wildman–Crippen MR) is 119 cm³/mol. The topological polar surface area (TPSA) is 131 Å². The minimum atomic E-state index is -4.03. The van der Waals surface area contributed by atoms with E-state index in [9.17, 15) is 18.0 Å². The van der Waals surface area contributed by atoms with Gasteiger partial charge in [-0.2, -0.15) is 0 Å². The fourth-order valence-electron chi connectivity index (χ4n) is 3.06. The molecule has 1 atom stereocenters. The average molecular weight is 481 g/mol. The quantitative estimate of drug-likeness (QED) is 0.370. The Morgan fingerprint density at radius 1 is 1.06 bits per heavy atom. The van der Waals surface area contributed by atoms with E-state index in [4.69, 9.17) is 19.4 Å². The Hall–Kier alpha value is -3.31. The Bertz CT molecular complexity index is 1040. The molecule has 0 aliphatic carbocycles. The monoisotopic (exact) mass is 480 g/mol. The van der Waals surface area contributed by atoms with E-state index in [1.807, 2.05) is 30.3 Å². The van der Waals surface area contributed by atoms with E-state index in [1.54, 1.807) is 0 Å². The van der Waals surface area contributed by atoms with Crippen LogP contribution in [0.5, 0.6) is 11.5 Å². The van der Waals surface area contributed by atoms with Crippen LogP contribution in [0.2, 0.25) is 0 Å². The first kappa shape index (κ1) is 25.9. The Balaban J connectivity index is 2.13. The number of benzene rings is 2. The number of ether oxygens (including phenoxy) is 3. The van der Waals surface area contributed by atoms with Gasteiger partial charge in [0.25, 0.3) is 0 Å². The van der Waals surface area contributed by atoms with Gasteiger partial charge in [0, 0.05) is 26.1 Å². The van der Waals surface area contributed by atoms with E-state index in [1.165, 1.54) is 49.8 Å². The van der Waals surface area contributed by atoms with Gasteiger partial charge in [0.1, 0.15) is 6.61 Å². The van der Waals surface area contributed by atoms with Gasteiger partial charge in [-0.3, -0.25) is 10.0 Å². The van der Waals surface area contributed by atoms with Crippen molar-refractivity contribution < 1.29 is 37.4 Å². The first-order chi connectivity index (χ1) is 15.7. The second-order valence-electron chi connectivity index (χ2n) is 7.17. The molecule has 10 nitrogen and oxygen atoms in total. The fraction of sp³-hybridized carbons (Fsp3) is 0.364. The third-order valence-electron chi connectivity index (χ3n) is 4.96. The lowest BCUT2D eigenvalue weighted by Gasteiger charge is -2.22. The summed E-state index contributed by atoms with van der Waals surface area (Å²) in [5, 5.41) is 7.68. The molecular formula is C22H28N2O8S. The fourth-order valence-corrected chi connectivity index (χ4v) is 4.76. The number of carbonyl (C=O) groups is 2. The van der Waals surface area contributed by atoms with Crippen molar-refractivity contribution in [1.82, 2.24) is 10.4 Å². The molecule has 0 heterocycles.